The maximum atomic E-state index is 13.6. The summed E-state index contributed by atoms with van der Waals surface area (Å²) < 4.78 is 20.1. The van der Waals surface area contributed by atoms with E-state index in [-0.39, 0.29) is 11.4 Å². The number of benzene rings is 3. The quantitative estimate of drug-likeness (QED) is 0.479. The lowest BCUT2D eigenvalue weighted by Crippen LogP contribution is -2.49. The summed E-state index contributed by atoms with van der Waals surface area (Å²) in [5.41, 5.74) is 5.60. The Labute approximate surface area is 174 Å². The fourth-order valence-corrected chi connectivity index (χ4v) is 4.49. The van der Waals surface area contributed by atoms with Crippen LogP contribution in [0.2, 0.25) is 0 Å². The molecule has 28 heavy (non-hydrogen) atoms. The molecular weight excluding hydrogens is 417 g/mol. The zero-order chi connectivity index (χ0) is 19.9. The van der Waals surface area contributed by atoms with E-state index in [0.29, 0.717) is 0 Å². The SMILES string of the molecule is COc1ccc2c(c1)CCN(c1ccc(F)cc1)C2(C)c1ccc(Br)c(C)c1. The van der Waals surface area contributed by atoms with Crippen LogP contribution in [0, 0.1) is 12.7 Å². The van der Waals surface area contributed by atoms with Gasteiger partial charge >= 0.3 is 0 Å². The second kappa shape index (κ2) is 7.25. The normalized spacial score (nSPS) is 18.7. The molecule has 1 unspecified atom stereocenters. The molecule has 0 aliphatic carbocycles. The molecule has 0 spiro atoms. The van der Waals surface area contributed by atoms with Gasteiger partial charge in [-0.05, 0) is 85.0 Å². The first kappa shape index (κ1) is 19.0. The first-order valence-corrected chi connectivity index (χ1v) is 10.2. The van der Waals surface area contributed by atoms with Crippen molar-refractivity contribution in [3.63, 3.8) is 0 Å². The van der Waals surface area contributed by atoms with Crippen LogP contribution in [0.3, 0.4) is 0 Å². The minimum Gasteiger partial charge on any atom is -0.497 e. The molecular formula is C24H23BrFNO. The molecule has 0 radical (unpaired) electrons. The summed E-state index contributed by atoms with van der Waals surface area (Å²) in [6.45, 7) is 5.21. The first-order chi connectivity index (χ1) is 13.4. The van der Waals surface area contributed by atoms with Gasteiger partial charge in [0.1, 0.15) is 11.6 Å². The molecule has 0 amide bonds. The number of ether oxygens (including phenoxy) is 1. The van der Waals surface area contributed by atoms with Gasteiger partial charge < -0.3 is 9.64 Å². The van der Waals surface area contributed by atoms with Crippen molar-refractivity contribution >= 4 is 21.6 Å². The second-order valence-corrected chi connectivity index (χ2v) is 8.29. The molecule has 144 valence electrons. The summed E-state index contributed by atoms with van der Waals surface area (Å²) in [5.74, 6) is 0.662. The van der Waals surface area contributed by atoms with E-state index in [9.17, 15) is 4.39 Å². The van der Waals surface area contributed by atoms with E-state index >= 15 is 0 Å². The smallest absolute Gasteiger partial charge is 0.123 e. The Morgan fingerprint density at radius 1 is 1.04 bits per heavy atom. The number of hydrogen-bond donors (Lipinski definition) is 0. The zero-order valence-electron chi connectivity index (χ0n) is 16.3. The van der Waals surface area contributed by atoms with Crippen LogP contribution in [-0.2, 0) is 12.0 Å². The minimum absolute atomic E-state index is 0.216. The van der Waals surface area contributed by atoms with Crippen molar-refractivity contribution in [2.24, 2.45) is 0 Å². The summed E-state index contributed by atoms with van der Waals surface area (Å²) in [5, 5.41) is 0. The van der Waals surface area contributed by atoms with Gasteiger partial charge in [0.05, 0.1) is 12.6 Å². The molecule has 0 saturated carbocycles. The predicted octanol–water partition coefficient (Wildman–Crippen LogP) is 6.23. The molecule has 0 saturated heterocycles. The highest BCUT2D eigenvalue weighted by Gasteiger charge is 2.40. The number of hydrogen-bond acceptors (Lipinski definition) is 2. The van der Waals surface area contributed by atoms with E-state index in [1.807, 2.05) is 18.2 Å². The van der Waals surface area contributed by atoms with Crippen molar-refractivity contribution < 1.29 is 9.13 Å². The van der Waals surface area contributed by atoms with Crippen molar-refractivity contribution in [3.8, 4) is 5.75 Å². The molecule has 0 N–H and O–H groups in total. The van der Waals surface area contributed by atoms with E-state index in [4.69, 9.17) is 4.74 Å². The molecule has 4 rings (SSSR count). The Morgan fingerprint density at radius 3 is 2.46 bits per heavy atom. The summed E-state index contributed by atoms with van der Waals surface area (Å²) in [4.78, 5) is 2.38. The van der Waals surface area contributed by atoms with Gasteiger partial charge in [0.15, 0.2) is 0 Å². The van der Waals surface area contributed by atoms with E-state index in [1.165, 1.54) is 34.4 Å². The van der Waals surface area contributed by atoms with Gasteiger partial charge in [0.25, 0.3) is 0 Å². The van der Waals surface area contributed by atoms with E-state index in [2.05, 4.69) is 65.0 Å². The van der Waals surface area contributed by atoms with Gasteiger partial charge in [-0.1, -0.05) is 34.1 Å². The van der Waals surface area contributed by atoms with Crippen LogP contribution in [0.1, 0.15) is 29.2 Å². The van der Waals surface area contributed by atoms with Gasteiger partial charge in [0, 0.05) is 16.7 Å². The molecule has 1 aliphatic rings. The monoisotopic (exact) mass is 439 g/mol. The lowest BCUT2D eigenvalue weighted by molar-refractivity contribution is 0.411. The van der Waals surface area contributed by atoms with E-state index < -0.39 is 0 Å². The van der Waals surface area contributed by atoms with Crippen LogP contribution < -0.4 is 9.64 Å². The third kappa shape index (κ3) is 3.10. The molecule has 0 bridgehead atoms. The Kier molecular flexibility index (Phi) is 4.92. The van der Waals surface area contributed by atoms with Gasteiger partial charge in [0.2, 0.25) is 0 Å². The average Bonchev–Trinajstić information content (AvgIpc) is 2.71. The molecule has 1 atom stereocenters. The summed E-state index contributed by atoms with van der Waals surface area (Å²) >= 11 is 3.62. The molecule has 1 aliphatic heterocycles. The molecule has 2 nitrogen and oxygen atoms in total. The Bertz CT molecular complexity index is 1020. The van der Waals surface area contributed by atoms with Crippen LogP contribution in [0.15, 0.2) is 65.1 Å². The molecule has 0 fully saturated rings. The number of aryl methyl sites for hydroxylation is 1. The Balaban J connectivity index is 1.93. The summed E-state index contributed by atoms with van der Waals surface area (Å²) in [6, 6.07) is 19.7. The van der Waals surface area contributed by atoms with Gasteiger partial charge in [-0.25, -0.2) is 4.39 Å². The van der Waals surface area contributed by atoms with Crippen LogP contribution in [0.25, 0.3) is 0 Å². The fraction of sp³-hybridized carbons (Fsp3) is 0.250. The molecule has 3 aromatic carbocycles. The fourth-order valence-electron chi connectivity index (χ4n) is 4.25. The van der Waals surface area contributed by atoms with Crippen molar-refractivity contribution in [2.45, 2.75) is 25.8 Å². The third-order valence-electron chi connectivity index (χ3n) is 5.84. The number of methoxy groups -OCH3 is 1. The number of nitrogens with zero attached hydrogens (tertiary/aromatic N) is 1. The van der Waals surface area contributed by atoms with Crippen LogP contribution >= 0.6 is 15.9 Å². The van der Waals surface area contributed by atoms with Crippen LogP contribution in [0.5, 0.6) is 5.75 Å². The molecule has 4 heteroatoms. The number of rotatable bonds is 3. The average molecular weight is 440 g/mol. The van der Waals surface area contributed by atoms with E-state index in [1.54, 1.807) is 7.11 Å². The number of halogens is 2. The Hall–Kier alpha value is -2.33. The minimum atomic E-state index is -0.372. The molecule has 1 heterocycles. The lowest BCUT2D eigenvalue weighted by Gasteiger charge is -2.48. The van der Waals surface area contributed by atoms with Crippen LogP contribution in [-0.4, -0.2) is 13.7 Å². The highest BCUT2D eigenvalue weighted by atomic mass is 79.9. The largest absolute Gasteiger partial charge is 0.497 e. The highest BCUT2D eigenvalue weighted by molar-refractivity contribution is 9.10. The first-order valence-electron chi connectivity index (χ1n) is 9.40. The van der Waals surface area contributed by atoms with Crippen molar-refractivity contribution in [2.75, 3.05) is 18.6 Å². The maximum Gasteiger partial charge on any atom is 0.123 e. The maximum absolute atomic E-state index is 13.6. The predicted molar refractivity (Wildman–Crippen MR) is 116 cm³/mol. The highest BCUT2D eigenvalue weighted by Crippen LogP contribution is 2.45. The van der Waals surface area contributed by atoms with E-state index in [0.717, 1.165) is 28.9 Å². The second-order valence-electron chi connectivity index (χ2n) is 7.44. The standard InChI is InChI=1S/C24H23BrFNO/c1-16-14-18(4-11-23(16)25)24(2)22-10-9-21(28-3)15-17(22)12-13-27(24)20-7-5-19(26)6-8-20/h4-11,14-15H,12-13H2,1-3H3. The summed E-state index contributed by atoms with van der Waals surface area (Å²) in [6.07, 6.45) is 0.912. The van der Waals surface area contributed by atoms with Gasteiger partial charge in [-0.3, -0.25) is 0 Å². The van der Waals surface area contributed by atoms with Crippen LogP contribution in [0.4, 0.5) is 10.1 Å². The third-order valence-corrected chi connectivity index (χ3v) is 6.73. The zero-order valence-corrected chi connectivity index (χ0v) is 17.9. The molecule has 0 aromatic heterocycles. The van der Waals surface area contributed by atoms with Gasteiger partial charge in [-0.2, -0.15) is 0 Å². The summed E-state index contributed by atoms with van der Waals surface area (Å²) in [7, 11) is 1.70. The number of anilines is 1. The topological polar surface area (TPSA) is 12.5 Å². The molecule has 3 aromatic rings. The number of fused-ring (bicyclic) bond motifs is 1. The van der Waals surface area contributed by atoms with Crippen molar-refractivity contribution in [1.82, 2.24) is 0 Å². The van der Waals surface area contributed by atoms with Gasteiger partial charge in [-0.15, -0.1) is 0 Å². The van der Waals surface area contributed by atoms with Crippen molar-refractivity contribution in [3.05, 3.63) is 93.2 Å². The van der Waals surface area contributed by atoms with Crippen molar-refractivity contribution in [1.29, 1.82) is 0 Å². The Morgan fingerprint density at radius 2 is 1.79 bits per heavy atom. The lowest BCUT2D eigenvalue weighted by atomic mass is 9.76.